The standard InChI is InChI=1S/C24H20FN7O/c1-12-16-8-14(25)3-4-15(16)22-17(11-31(2)30-22)19-5-6-21-29-18(9-26)23(32(19)21)13-7-20(33-12)24(27)28-10-13/h3-4,7-8,10-12,19H,5-6H2,1-2H3,(H2,27,28)/t12-,19-/m1/s1. The summed E-state index contributed by atoms with van der Waals surface area (Å²) in [6.07, 6.45) is 4.65. The van der Waals surface area contributed by atoms with E-state index >= 15 is 0 Å². The maximum absolute atomic E-state index is 14.3. The minimum absolute atomic E-state index is 0.0807. The second-order valence-electron chi connectivity index (χ2n) is 8.47. The Hall–Kier alpha value is -4.19. The molecule has 6 rings (SSSR count). The zero-order valence-corrected chi connectivity index (χ0v) is 18.1. The largest absolute Gasteiger partial charge is 0.482 e. The smallest absolute Gasteiger partial charge is 0.166 e. The molecule has 0 spiro atoms. The van der Waals surface area contributed by atoms with Crippen LogP contribution in [0.15, 0.2) is 36.7 Å². The Balaban J connectivity index is 1.71. The lowest BCUT2D eigenvalue weighted by Gasteiger charge is -2.23. The lowest BCUT2D eigenvalue weighted by atomic mass is 9.94. The highest BCUT2D eigenvalue weighted by Crippen LogP contribution is 2.44. The summed E-state index contributed by atoms with van der Waals surface area (Å²) in [4.78, 5) is 8.94. The Morgan fingerprint density at radius 3 is 2.94 bits per heavy atom. The van der Waals surface area contributed by atoms with E-state index < -0.39 is 6.10 Å². The van der Waals surface area contributed by atoms with Gasteiger partial charge in [-0.25, -0.2) is 14.4 Å². The Morgan fingerprint density at radius 2 is 2.12 bits per heavy atom. The summed E-state index contributed by atoms with van der Waals surface area (Å²) in [6, 6.07) is 8.59. The van der Waals surface area contributed by atoms with Crippen LogP contribution in [0.4, 0.5) is 10.2 Å². The summed E-state index contributed by atoms with van der Waals surface area (Å²) in [5.74, 6) is 1.07. The first-order chi connectivity index (χ1) is 15.9. The highest BCUT2D eigenvalue weighted by atomic mass is 19.1. The lowest BCUT2D eigenvalue weighted by Crippen LogP contribution is -2.12. The molecule has 164 valence electrons. The number of aromatic nitrogens is 5. The Labute approximate surface area is 189 Å². The molecule has 2 bridgehead atoms. The fraction of sp³-hybridized carbons (Fsp3) is 0.250. The molecule has 0 amide bonds. The first-order valence-corrected chi connectivity index (χ1v) is 10.7. The number of nitrogens with two attached hydrogens (primary N) is 1. The molecule has 0 aliphatic carbocycles. The first-order valence-electron chi connectivity index (χ1n) is 10.7. The van der Waals surface area contributed by atoms with Crippen molar-refractivity contribution >= 4 is 5.82 Å². The second-order valence-corrected chi connectivity index (χ2v) is 8.47. The monoisotopic (exact) mass is 441 g/mol. The molecule has 2 N–H and O–H groups in total. The third-order valence-corrected chi connectivity index (χ3v) is 6.42. The lowest BCUT2D eigenvalue weighted by molar-refractivity contribution is 0.227. The van der Waals surface area contributed by atoms with Crippen molar-refractivity contribution in [2.75, 3.05) is 5.73 Å². The van der Waals surface area contributed by atoms with E-state index in [-0.39, 0.29) is 17.7 Å². The number of anilines is 1. The molecule has 2 aliphatic heterocycles. The number of nitrogens with zero attached hydrogens (tertiary/aromatic N) is 6. The van der Waals surface area contributed by atoms with E-state index in [0.29, 0.717) is 28.3 Å². The molecule has 5 heterocycles. The number of imidazole rings is 1. The van der Waals surface area contributed by atoms with Gasteiger partial charge in [0.15, 0.2) is 17.3 Å². The first kappa shape index (κ1) is 19.5. The molecule has 0 radical (unpaired) electrons. The van der Waals surface area contributed by atoms with Gasteiger partial charge >= 0.3 is 0 Å². The summed E-state index contributed by atoms with van der Waals surface area (Å²) in [5, 5.41) is 14.6. The average molecular weight is 441 g/mol. The Bertz CT molecular complexity index is 1480. The van der Waals surface area contributed by atoms with Crippen molar-refractivity contribution in [3.63, 3.8) is 0 Å². The van der Waals surface area contributed by atoms with Crippen LogP contribution in [0.1, 0.15) is 48.1 Å². The van der Waals surface area contributed by atoms with Gasteiger partial charge in [-0.05, 0) is 37.6 Å². The van der Waals surface area contributed by atoms with Crippen LogP contribution in [-0.2, 0) is 13.5 Å². The van der Waals surface area contributed by atoms with Gasteiger partial charge in [0.1, 0.15) is 23.8 Å². The maximum atomic E-state index is 14.3. The molecule has 9 heteroatoms. The summed E-state index contributed by atoms with van der Waals surface area (Å²) in [6.45, 7) is 1.84. The van der Waals surface area contributed by atoms with E-state index in [4.69, 9.17) is 15.6 Å². The van der Waals surface area contributed by atoms with Gasteiger partial charge in [0.2, 0.25) is 0 Å². The molecule has 33 heavy (non-hydrogen) atoms. The molecule has 4 aromatic rings. The number of nitrogen functional groups attached to an aromatic ring is 1. The number of pyridine rings is 1. The third-order valence-electron chi connectivity index (χ3n) is 6.42. The number of ether oxygens (including phenoxy) is 1. The summed E-state index contributed by atoms with van der Waals surface area (Å²) >= 11 is 0. The summed E-state index contributed by atoms with van der Waals surface area (Å²) in [7, 11) is 1.87. The van der Waals surface area contributed by atoms with Gasteiger partial charge < -0.3 is 15.0 Å². The van der Waals surface area contributed by atoms with E-state index in [1.54, 1.807) is 23.0 Å². The predicted octanol–water partition coefficient (Wildman–Crippen LogP) is 3.93. The van der Waals surface area contributed by atoms with Crippen LogP contribution in [0, 0.1) is 17.1 Å². The molecule has 0 saturated carbocycles. The van der Waals surface area contributed by atoms with Gasteiger partial charge in [0, 0.05) is 48.1 Å². The van der Waals surface area contributed by atoms with Crippen LogP contribution >= 0.6 is 0 Å². The van der Waals surface area contributed by atoms with E-state index in [9.17, 15) is 9.65 Å². The number of nitriles is 1. The molecule has 0 saturated heterocycles. The predicted molar refractivity (Wildman–Crippen MR) is 119 cm³/mol. The Morgan fingerprint density at radius 1 is 1.27 bits per heavy atom. The van der Waals surface area contributed by atoms with Gasteiger partial charge in [-0.2, -0.15) is 10.4 Å². The molecule has 1 aromatic carbocycles. The van der Waals surface area contributed by atoms with Crippen molar-refractivity contribution < 1.29 is 9.13 Å². The van der Waals surface area contributed by atoms with E-state index in [1.165, 1.54) is 12.1 Å². The van der Waals surface area contributed by atoms with Gasteiger partial charge in [0.25, 0.3) is 0 Å². The molecule has 2 atom stereocenters. The highest BCUT2D eigenvalue weighted by molar-refractivity contribution is 5.72. The van der Waals surface area contributed by atoms with Crippen LogP contribution < -0.4 is 10.5 Å². The molecule has 3 aromatic heterocycles. The summed E-state index contributed by atoms with van der Waals surface area (Å²) < 4.78 is 24.4. The van der Waals surface area contributed by atoms with Crippen LogP contribution in [0.25, 0.3) is 22.5 Å². The van der Waals surface area contributed by atoms with E-state index in [0.717, 1.165) is 35.5 Å². The number of hydrogen-bond donors (Lipinski definition) is 1. The van der Waals surface area contributed by atoms with Gasteiger partial charge in [-0.3, -0.25) is 4.68 Å². The molecule has 0 unspecified atom stereocenters. The number of benzene rings is 1. The Kier molecular flexibility index (Phi) is 4.08. The quantitative estimate of drug-likeness (QED) is 0.443. The minimum atomic E-state index is -0.524. The van der Waals surface area contributed by atoms with Crippen LogP contribution in [0.2, 0.25) is 0 Å². The van der Waals surface area contributed by atoms with Gasteiger partial charge in [0.05, 0.1) is 17.4 Å². The summed E-state index contributed by atoms with van der Waals surface area (Å²) in [5.41, 5.74) is 11.1. The molecule has 2 aliphatic rings. The van der Waals surface area contributed by atoms with Crippen molar-refractivity contribution in [1.82, 2.24) is 24.3 Å². The molecule has 0 fully saturated rings. The number of fused-ring (bicyclic) bond motifs is 7. The zero-order chi connectivity index (χ0) is 22.9. The fourth-order valence-electron chi connectivity index (χ4n) is 5.01. The molecule has 8 nitrogen and oxygen atoms in total. The zero-order valence-electron chi connectivity index (χ0n) is 18.1. The molecular formula is C24H20FN7O. The number of aryl methyl sites for hydroxylation is 2. The van der Waals surface area contributed by atoms with E-state index in [1.807, 2.05) is 20.2 Å². The van der Waals surface area contributed by atoms with Crippen LogP contribution in [-0.4, -0.2) is 24.3 Å². The topological polar surface area (TPSA) is 108 Å². The third kappa shape index (κ3) is 2.84. The van der Waals surface area contributed by atoms with Crippen molar-refractivity contribution in [1.29, 1.82) is 5.26 Å². The molecular weight excluding hydrogens is 421 g/mol. The van der Waals surface area contributed by atoms with Crippen molar-refractivity contribution in [2.24, 2.45) is 7.05 Å². The number of hydrogen-bond acceptors (Lipinski definition) is 6. The number of rotatable bonds is 0. The second kappa shape index (κ2) is 6.90. The van der Waals surface area contributed by atoms with Crippen molar-refractivity contribution in [2.45, 2.75) is 31.9 Å². The van der Waals surface area contributed by atoms with Crippen molar-refractivity contribution in [3.05, 3.63) is 65.1 Å². The number of halogens is 1. The average Bonchev–Trinajstić information content (AvgIpc) is 3.47. The highest BCUT2D eigenvalue weighted by Gasteiger charge is 2.35. The van der Waals surface area contributed by atoms with Gasteiger partial charge in [-0.1, -0.05) is 0 Å². The van der Waals surface area contributed by atoms with Crippen molar-refractivity contribution in [3.8, 4) is 34.3 Å². The SMILES string of the molecule is C[C@H]1Oc2cc(cnc2N)-c2c(C#N)nc3n2[C@H](CC3)c2cn(C)nc2-c2ccc(F)cc21. The van der Waals surface area contributed by atoms with Crippen LogP contribution in [0.5, 0.6) is 5.75 Å². The minimum Gasteiger partial charge on any atom is -0.482 e. The van der Waals surface area contributed by atoms with Gasteiger partial charge in [-0.15, -0.1) is 0 Å². The fourth-order valence-corrected chi connectivity index (χ4v) is 5.01. The van der Waals surface area contributed by atoms with E-state index in [2.05, 4.69) is 20.6 Å². The normalized spacial score (nSPS) is 18.2. The van der Waals surface area contributed by atoms with Crippen LogP contribution in [0.3, 0.4) is 0 Å². The maximum Gasteiger partial charge on any atom is 0.166 e.